The Balaban J connectivity index is 1.01. The summed E-state index contributed by atoms with van der Waals surface area (Å²) >= 11 is 1.80. The van der Waals surface area contributed by atoms with Crippen molar-refractivity contribution < 1.29 is 4.42 Å². The Hall–Kier alpha value is -7.99. The molecule has 3 heterocycles. The van der Waals surface area contributed by atoms with Crippen LogP contribution in [0.1, 0.15) is 0 Å². The Morgan fingerprint density at radius 1 is 0.290 bits per heavy atom. The normalized spacial score (nSPS) is 11.5. The average Bonchev–Trinajstić information content (AvgIpc) is 3.93. The molecule has 62 heavy (non-hydrogen) atoms. The number of rotatable bonds is 7. The van der Waals surface area contributed by atoms with Gasteiger partial charge in [0.1, 0.15) is 11.2 Å². The minimum Gasteiger partial charge on any atom is -0.456 e. The Labute approximate surface area is 362 Å². The zero-order chi connectivity index (χ0) is 41.0. The van der Waals surface area contributed by atoms with E-state index in [0.717, 1.165) is 66.3 Å². The van der Waals surface area contributed by atoms with Gasteiger partial charge in [-0.25, -0.2) is 15.0 Å². The van der Waals surface area contributed by atoms with Crippen molar-refractivity contribution in [1.29, 1.82) is 0 Å². The molecule has 0 atom stereocenters. The highest BCUT2D eigenvalue weighted by Gasteiger charge is 2.21. The molecule has 9 aromatic carbocycles. The van der Waals surface area contributed by atoms with Gasteiger partial charge in [-0.15, -0.1) is 11.3 Å². The summed E-state index contributed by atoms with van der Waals surface area (Å²) in [5, 5.41) is 4.47. The molecule has 0 N–H and O–H groups in total. The van der Waals surface area contributed by atoms with E-state index in [1.165, 1.54) is 37.0 Å². The van der Waals surface area contributed by atoms with E-state index in [4.69, 9.17) is 19.4 Å². The van der Waals surface area contributed by atoms with Crippen LogP contribution < -0.4 is 0 Å². The zero-order valence-corrected chi connectivity index (χ0v) is 34.2. The standard InChI is InChI=1S/C57H35N3OS/c1-3-15-36(16-4-1)38-19-11-20-39(33-38)40-21-12-22-41(34-40)42-31-32-51-48(35-42)54-47(27-14-30-52(54)62-51)57-59-55(37-17-5-2-6-18-37)58-56(60-57)45-24-8-7-23-43(45)44-26-13-29-50-53(44)46-25-9-10-28-49(46)61-50/h1-35H. The molecule has 12 rings (SSSR count). The molecule has 4 nitrogen and oxygen atoms in total. The number of furan rings is 1. The molecule has 0 aliphatic rings. The molecule has 0 saturated heterocycles. The van der Waals surface area contributed by atoms with Crippen molar-refractivity contribution in [3.8, 4) is 78.7 Å². The van der Waals surface area contributed by atoms with Crippen LogP contribution in [0.4, 0.5) is 0 Å². The number of para-hydroxylation sites is 1. The summed E-state index contributed by atoms with van der Waals surface area (Å²) in [4.78, 5) is 15.8. The fourth-order valence-electron chi connectivity index (χ4n) is 8.83. The van der Waals surface area contributed by atoms with E-state index in [-0.39, 0.29) is 0 Å². The first-order chi connectivity index (χ1) is 30.7. The van der Waals surface area contributed by atoms with Crippen LogP contribution in [0.3, 0.4) is 0 Å². The highest BCUT2D eigenvalue weighted by atomic mass is 32.1. The highest BCUT2D eigenvalue weighted by Crippen LogP contribution is 2.44. The number of aromatic nitrogens is 3. The quantitative estimate of drug-likeness (QED) is 0.161. The zero-order valence-electron chi connectivity index (χ0n) is 33.4. The lowest BCUT2D eigenvalue weighted by Gasteiger charge is -2.13. The molecule has 0 saturated carbocycles. The van der Waals surface area contributed by atoms with Crippen LogP contribution in [0.15, 0.2) is 217 Å². The molecular formula is C57H35N3OS. The second kappa shape index (κ2) is 14.9. The Bertz CT molecular complexity index is 3650. The van der Waals surface area contributed by atoms with Gasteiger partial charge in [-0.2, -0.15) is 0 Å². The molecule has 0 aliphatic carbocycles. The van der Waals surface area contributed by atoms with Crippen LogP contribution >= 0.6 is 11.3 Å². The maximum atomic E-state index is 6.32. The molecule has 0 amide bonds. The fraction of sp³-hybridized carbons (Fsp3) is 0. The lowest BCUT2D eigenvalue weighted by atomic mass is 9.95. The van der Waals surface area contributed by atoms with Crippen LogP contribution in [0.2, 0.25) is 0 Å². The van der Waals surface area contributed by atoms with Crippen molar-refractivity contribution in [3.05, 3.63) is 212 Å². The number of hydrogen-bond donors (Lipinski definition) is 0. The number of benzene rings is 9. The minimum absolute atomic E-state index is 0.611. The topological polar surface area (TPSA) is 51.8 Å². The summed E-state index contributed by atoms with van der Waals surface area (Å²) in [6.45, 7) is 0. The number of hydrogen-bond acceptors (Lipinski definition) is 5. The van der Waals surface area contributed by atoms with Gasteiger partial charge in [0.2, 0.25) is 0 Å². The lowest BCUT2D eigenvalue weighted by molar-refractivity contribution is 0.669. The van der Waals surface area contributed by atoms with Crippen molar-refractivity contribution >= 4 is 53.4 Å². The molecule has 5 heteroatoms. The number of fused-ring (bicyclic) bond motifs is 6. The van der Waals surface area contributed by atoms with E-state index >= 15 is 0 Å². The summed E-state index contributed by atoms with van der Waals surface area (Å²) in [6.07, 6.45) is 0. The van der Waals surface area contributed by atoms with Crippen LogP contribution in [-0.2, 0) is 0 Å². The third-order valence-electron chi connectivity index (χ3n) is 11.8. The van der Waals surface area contributed by atoms with Gasteiger partial charge in [-0.05, 0) is 87.0 Å². The Morgan fingerprint density at radius 3 is 1.56 bits per heavy atom. The fourth-order valence-corrected chi connectivity index (χ4v) is 9.94. The molecule has 0 radical (unpaired) electrons. The van der Waals surface area contributed by atoms with Crippen LogP contribution in [0.5, 0.6) is 0 Å². The third-order valence-corrected chi connectivity index (χ3v) is 12.9. The predicted octanol–water partition coefficient (Wildman–Crippen LogP) is 15.8. The molecule has 0 spiro atoms. The van der Waals surface area contributed by atoms with E-state index in [9.17, 15) is 0 Å². The second-order valence-corrected chi connectivity index (χ2v) is 16.6. The first-order valence-corrected chi connectivity index (χ1v) is 21.6. The highest BCUT2D eigenvalue weighted by molar-refractivity contribution is 7.26. The van der Waals surface area contributed by atoms with Crippen molar-refractivity contribution in [2.45, 2.75) is 0 Å². The van der Waals surface area contributed by atoms with Crippen molar-refractivity contribution in [2.75, 3.05) is 0 Å². The average molecular weight is 810 g/mol. The molecule has 3 aromatic heterocycles. The second-order valence-electron chi connectivity index (χ2n) is 15.5. The molecule has 12 aromatic rings. The van der Waals surface area contributed by atoms with Gasteiger partial charge in [0, 0.05) is 47.6 Å². The van der Waals surface area contributed by atoms with Gasteiger partial charge in [-0.3, -0.25) is 0 Å². The minimum atomic E-state index is 0.611. The summed E-state index contributed by atoms with van der Waals surface area (Å²) in [7, 11) is 0. The Kier molecular flexibility index (Phi) is 8.65. The van der Waals surface area contributed by atoms with Gasteiger partial charge >= 0.3 is 0 Å². The molecule has 0 bridgehead atoms. The third kappa shape index (κ3) is 6.26. The summed E-state index contributed by atoms with van der Waals surface area (Å²) in [5.41, 5.74) is 13.7. The molecule has 290 valence electrons. The van der Waals surface area contributed by atoms with Gasteiger partial charge in [0.25, 0.3) is 0 Å². The van der Waals surface area contributed by atoms with Crippen LogP contribution in [0, 0.1) is 0 Å². The van der Waals surface area contributed by atoms with Gasteiger partial charge in [-0.1, -0.05) is 170 Å². The van der Waals surface area contributed by atoms with E-state index in [0.29, 0.717) is 17.5 Å². The first kappa shape index (κ1) is 35.9. The SMILES string of the molecule is c1ccc(-c2cccc(-c3cccc(-c4ccc5sc6cccc(-c7nc(-c8ccccc8)nc(-c8ccccc8-c8cccc9oc%10ccccc%10c89)n7)c6c5c4)c3)c2)cc1. The first-order valence-electron chi connectivity index (χ1n) is 20.8. The number of thiophene rings is 1. The van der Waals surface area contributed by atoms with E-state index in [1.807, 2.05) is 36.4 Å². The van der Waals surface area contributed by atoms with E-state index in [2.05, 4.69) is 176 Å². The van der Waals surface area contributed by atoms with Crippen molar-refractivity contribution in [3.63, 3.8) is 0 Å². The summed E-state index contributed by atoms with van der Waals surface area (Å²) < 4.78 is 8.72. The predicted molar refractivity (Wildman–Crippen MR) is 258 cm³/mol. The number of nitrogens with zero attached hydrogens (tertiary/aromatic N) is 3. The van der Waals surface area contributed by atoms with Gasteiger partial charge < -0.3 is 4.42 Å². The van der Waals surface area contributed by atoms with Crippen LogP contribution in [0.25, 0.3) is 121 Å². The smallest absolute Gasteiger partial charge is 0.164 e. The molecule has 0 unspecified atom stereocenters. The monoisotopic (exact) mass is 809 g/mol. The van der Waals surface area contributed by atoms with Crippen LogP contribution in [-0.4, -0.2) is 15.0 Å². The molecule has 0 fully saturated rings. The lowest BCUT2D eigenvalue weighted by Crippen LogP contribution is -2.01. The van der Waals surface area contributed by atoms with Crippen molar-refractivity contribution in [2.24, 2.45) is 0 Å². The van der Waals surface area contributed by atoms with Gasteiger partial charge in [0.05, 0.1) is 0 Å². The largest absolute Gasteiger partial charge is 0.456 e. The Morgan fingerprint density at radius 2 is 0.806 bits per heavy atom. The maximum Gasteiger partial charge on any atom is 0.164 e. The molecular weight excluding hydrogens is 775 g/mol. The summed E-state index contributed by atoms with van der Waals surface area (Å²) in [6, 6.07) is 74.6. The van der Waals surface area contributed by atoms with E-state index in [1.54, 1.807) is 11.3 Å². The molecule has 0 aliphatic heterocycles. The maximum absolute atomic E-state index is 6.32. The van der Waals surface area contributed by atoms with Gasteiger partial charge in [0.15, 0.2) is 17.5 Å². The van der Waals surface area contributed by atoms with E-state index < -0.39 is 0 Å². The van der Waals surface area contributed by atoms with Crippen molar-refractivity contribution in [1.82, 2.24) is 15.0 Å². The summed E-state index contributed by atoms with van der Waals surface area (Å²) in [5.74, 6) is 1.86.